The van der Waals surface area contributed by atoms with Gasteiger partial charge in [-0.25, -0.2) is 0 Å². The maximum absolute atomic E-state index is 4.79. The van der Waals surface area contributed by atoms with E-state index in [2.05, 4.69) is 55.0 Å². The number of hydrogen-bond acceptors (Lipinski definition) is 2. The van der Waals surface area contributed by atoms with Gasteiger partial charge in [-0.3, -0.25) is 4.68 Å². The molecule has 3 nitrogen and oxygen atoms in total. The first-order chi connectivity index (χ1) is 9.18. The van der Waals surface area contributed by atoms with Crippen LogP contribution in [0.15, 0.2) is 24.3 Å². The average Bonchev–Trinajstić information content (AvgIpc) is 3.00. The van der Waals surface area contributed by atoms with Gasteiger partial charge in [-0.05, 0) is 44.9 Å². The Morgan fingerprint density at radius 3 is 2.68 bits per heavy atom. The SMILES string of the molecule is Cc1ccccc1-c1c(C)nn(C2CCNC2)c1C. The van der Waals surface area contributed by atoms with Crippen LogP contribution in [0.3, 0.4) is 0 Å². The van der Waals surface area contributed by atoms with Crippen molar-refractivity contribution in [2.75, 3.05) is 13.1 Å². The molecule has 1 aliphatic rings. The van der Waals surface area contributed by atoms with Gasteiger partial charge in [0.25, 0.3) is 0 Å². The highest BCUT2D eigenvalue weighted by Gasteiger charge is 2.22. The minimum absolute atomic E-state index is 0.511. The van der Waals surface area contributed by atoms with Crippen LogP contribution >= 0.6 is 0 Å². The number of aromatic nitrogens is 2. The van der Waals surface area contributed by atoms with E-state index in [1.807, 2.05) is 0 Å². The third-order valence-electron chi connectivity index (χ3n) is 4.12. The first kappa shape index (κ1) is 12.4. The first-order valence-corrected chi connectivity index (χ1v) is 7.01. The number of rotatable bonds is 2. The number of hydrogen-bond donors (Lipinski definition) is 1. The molecule has 2 aromatic rings. The van der Waals surface area contributed by atoms with Crippen molar-refractivity contribution in [3.05, 3.63) is 41.2 Å². The smallest absolute Gasteiger partial charge is 0.0675 e. The summed E-state index contributed by atoms with van der Waals surface area (Å²) in [4.78, 5) is 0. The predicted molar refractivity (Wildman–Crippen MR) is 78.4 cm³/mol. The molecule has 2 heterocycles. The minimum atomic E-state index is 0.511. The van der Waals surface area contributed by atoms with Gasteiger partial charge in [0.05, 0.1) is 11.7 Å². The van der Waals surface area contributed by atoms with Crippen LogP contribution in [0, 0.1) is 20.8 Å². The molecule has 1 aromatic heterocycles. The van der Waals surface area contributed by atoms with Crippen LogP contribution < -0.4 is 5.32 Å². The molecule has 0 saturated carbocycles. The fraction of sp³-hybridized carbons (Fsp3) is 0.438. The minimum Gasteiger partial charge on any atom is -0.315 e. The largest absolute Gasteiger partial charge is 0.315 e. The third kappa shape index (κ3) is 2.08. The molecule has 1 saturated heterocycles. The number of nitrogens with zero attached hydrogens (tertiary/aromatic N) is 2. The summed E-state index contributed by atoms with van der Waals surface area (Å²) < 4.78 is 2.22. The average molecular weight is 255 g/mol. The van der Waals surface area contributed by atoms with Crippen molar-refractivity contribution in [2.45, 2.75) is 33.2 Å². The Hall–Kier alpha value is -1.61. The lowest BCUT2D eigenvalue weighted by Gasteiger charge is -2.12. The van der Waals surface area contributed by atoms with E-state index in [1.165, 1.54) is 28.8 Å². The normalized spacial score (nSPS) is 19.0. The van der Waals surface area contributed by atoms with Gasteiger partial charge >= 0.3 is 0 Å². The van der Waals surface area contributed by atoms with Gasteiger partial charge in [0.1, 0.15) is 0 Å². The molecule has 0 spiro atoms. The van der Waals surface area contributed by atoms with Crippen LogP contribution in [-0.4, -0.2) is 22.9 Å². The van der Waals surface area contributed by atoms with E-state index < -0.39 is 0 Å². The van der Waals surface area contributed by atoms with Crippen molar-refractivity contribution in [2.24, 2.45) is 0 Å². The summed E-state index contributed by atoms with van der Waals surface area (Å²) in [5.74, 6) is 0. The second-order valence-corrected chi connectivity index (χ2v) is 5.45. The number of benzene rings is 1. The fourth-order valence-corrected chi connectivity index (χ4v) is 3.11. The molecule has 0 aliphatic carbocycles. The van der Waals surface area contributed by atoms with E-state index in [4.69, 9.17) is 5.10 Å². The highest BCUT2D eigenvalue weighted by atomic mass is 15.3. The lowest BCUT2D eigenvalue weighted by atomic mass is 9.99. The van der Waals surface area contributed by atoms with Crippen molar-refractivity contribution in [1.29, 1.82) is 0 Å². The molecule has 1 N–H and O–H groups in total. The van der Waals surface area contributed by atoms with Crippen LogP contribution in [0.25, 0.3) is 11.1 Å². The van der Waals surface area contributed by atoms with Gasteiger partial charge in [-0.15, -0.1) is 0 Å². The molecule has 0 radical (unpaired) electrons. The summed E-state index contributed by atoms with van der Waals surface area (Å²) in [5.41, 5.74) is 6.37. The maximum atomic E-state index is 4.79. The summed E-state index contributed by atoms with van der Waals surface area (Å²) >= 11 is 0. The molecular weight excluding hydrogens is 234 g/mol. The zero-order valence-corrected chi connectivity index (χ0v) is 11.9. The number of nitrogens with one attached hydrogen (secondary N) is 1. The van der Waals surface area contributed by atoms with Gasteiger partial charge < -0.3 is 5.32 Å². The molecule has 100 valence electrons. The van der Waals surface area contributed by atoms with E-state index >= 15 is 0 Å². The second kappa shape index (κ2) is 4.82. The Morgan fingerprint density at radius 2 is 2.00 bits per heavy atom. The maximum Gasteiger partial charge on any atom is 0.0675 e. The van der Waals surface area contributed by atoms with Crippen LogP contribution in [0.1, 0.15) is 29.4 Å². The quantitative estimate of drug-likeness (QED) is 0.894. The van der Waals surface area contributed by atoms with Crippen LogP contribution in [0.5, 0.6) is 0 Å². The van der Waals surface area contributed by atoms with E-state index in [-0.39, 0.29) is 0 Å². The Balaban J connectivity index is 2.10. The molecule has 1 fully saturated rings. The van der Waals surface area contributed by atoms with E-state index in [9.17, 15) is 0 Å². The van der Waals surface area contributed by atoms with Gasteiger partial charge in [-0.1, -0.05) is 24.3 Å². The zero-order valence-electron chi connectivity index (χ0n) is 11.9. The highest BCUT2D eigenvalue weighted by Crippen LogP contribution is 2.31. The molecule has 19 heavy (non-hydrogen) atoms. The first-order valence-electron chi connectivity index (χ1n) is 7.01. The monoisotopic (exact) mass is 255 g/mol. The van der Waals surface area contributed by atoms with Crippen LogP contribution in [-0.2, 0) is 0 Å². The predicted octanol–water partition coefficient (Wildman–Crippen LogP) is 3.01. The van der Waals surface area contributed by atoms with Crippen LogP contribution in [0.2, 0.25) is 0 Å². The van der Waals surface area contributed by atoms with Crippen LogP contribution in [0.4, 0.5) is 0 Å². The molecule has 0 bridgehead atoms. The molecule has 3 rings (SSSR count). The van der Waals surface area contributed by atoms with Gasteiger partial charge in [0.15, 0.2) is 0 Å². The highest BCUT2D eigenvalue weighted by molar-refractivity contribution is 5.71. The van der Waals surface area contributed by atoms with E-state index in [1.54, 1.807) is 0 Å². The fourth-order valence-electron chi connectivity index (χ4n) is 3.11. The van der Waals surface area contributed by atoms with Crippen molar-refractivity contribution in [3.8, 4) is 11.1 Å². The molecule has 1 aliphatic heterocycles. The lowest BCUT2D eigenvalue weighted by Crippen LogP contribution is -2.15. The Morgan fingerprint density at radius 1 is 1.21 bits per heavy atom. The Kier molecular flexibility index (Phi) is 3.15. The number of aryl methyl sites for hydroxylation is 2. The molecular formula is C16H21N3. The van der Waals surface area contributed by atoms with Crippen molar-refractivity contribution in [1.82, 2.24) is 15.1 Å². The lowest BCUT2D eigenvalue weighted by molar-refractivity contribution is 0.477. The van der Waals surface area contributed by atoms with Crippen molar-refractivity contribution in [3.63, 3.8) is 0 Å². The second-order valence-electron chi connectivity index (χ2n) is 5.45. The topological polar surface area (TPSA) is 29.9 Å². The summed E-state index contributed by atoms with van der Waals surface area (Å²) in [7, 11) is 0. The third-order valence-corrected chi connectivity index (χ3v) is 4.12. The Labute approximate surface area is 114 Å². The van der Waals surface area contributed by atoms with Gasteiger partial charge in [-0.2, -0.15) is 5.10 Å². The summed E-state index contributed by atoms with van der Waals surface area (Å²) in [6.07, 6.45) is 1.18. The molecule has 1 aromatic carbocycles. The molecule has 3 heteroatoms. The van der Waals surface area contributed by atoms with E-state index in [0.717, 1.165) is 18.8 Å². The van der Waals surface area contributed by atoms with E-state index in [0.29, 0.717) is 6.04 Å². The summed E-state index contributed by atoms with van der Waals surface area (Å²) in [5, 5.41) is 8.20. The van der Waals surface area contributed by atoms with Crippen molar-refractivity contribution >= 4 is 0 Å². The van der Waals surface area contributed by atoms with Gasteiger partial charge in [0.2, 0.25) is 0 Å². The molecule has 1 atom stereocenters. The standard InChI is InChI=1S/C16H21N3/c1-11-6-4-5-7-15(11)16-12(2)18-19(13(16)3)14-8-9-17-10-14/h4-7,14,17H,8-10H2,1-3H3. The molecule has 0 amide bonds. The Bertz CT molecular complexity index is 592. The zero-order chi connectivity index (χ0) is 13.4. The summed E-state index contributed by atoms with van der Waals surface area (Å²) in [6.45, 7) is 8.62. The molecule has 1 unspecified atom stereocenters. The van der Waals surface area contributed by atoms with Gasteiger partial charge in [0, 0.05) is 17.8 Å². The summed E-state index contributed by atoms with van der Waals surface area (Å²) in [6, 6.07) is 9.08. The van der Waals surface area contributed by atoms with Crippen molar-refractivity contribution < 1.29 is 0 Å².